The van der Waals surface area contributed by atoms with E-state index in [1.54, 1.807) is 6.08 Å². The van der Waals surface area contributed by atoms with Gasteiger partial charge in [-0.25, -0.2) is 0 Å². The number of carbonyl (C=O) groups excluding carboxylic acids is 2. The summed E-state index contributed by atoms with van der Waals surface area (Å²) in [5, 5.41) is 23.2. The maximum Gasteiger partial charge on any atom is 0.305 e. The van der Waals surface area contributed by atoms with Gasteiger partial charge >= 0.3 is 5.97 Å². The molecule has 2 atom stereocenters. The van der Waals surface area contributed by atoms with Crippen molar-refractivity contribution in [2.24, 2.45) is 0 Å². The van der Waals surface area contributed by atoms with Crippen molar-refractivity contribution in [3.05, 3.63) is 24.3 Å². The van der Waals surface area contributed by atoms with Gasteiger partial charge in [0.05, 0.1) is 25.4 Å². The van der Waals surface area contributed by atoms with Crippen molar-refractivity contribution in [2.75, 3.05) is 13.2 Å². The maximum absolute atomic E-state index is 12.5. The number of hydrogen-bond donors (Lipinski definition) is 3. The minimum absolute atomic E-state index is 0.0232. The number of aliphatic hydroxyl groups is 2. The molecule has 2 unspecified atom stereocenters. The molecule has 0 aromatic rings. The van der Waals surface area contributed by atoms with Gasteiger partial charge in [0.1, 0.15) is 0 Å². The largest absolute Gasteiger partial charge is 0.466 e. The maximum atomic E-state index is 12.5. The highest BCUT2D eigenvalue weighted by Gasteiger charge is 2.18. The van der Waals surface area contributed by atoms with Gasteiger partial charge in [-0.1, -0.05) is 398 Å². The topological polar surface area (TPSA) is 95.9 Å². The first kappa shape index (κ1) is 83.3. The predicted octanol–water partition coefficient (Wildman–Crippen LogP) is 25.7. The van der Waals surface area contributed by atoms with E-state index in [1.165, 1.54) is 379 Å². The fraction of sp³-hybridized carbons (Fsp3) is 0.924. The van der Waals surface area contributed by atoms with Gasteiger partial charge in [0.15, 0.2) is 0 Å². The molecule has 0 aromatic carbocycles. The van der Waals surface area contributed by atoms with E-state index < -0.39 is 12.1 Å². The van der Waals surface area contributed by atoms with Gasteiger partial charge in [0.2, 0.25) is 5.91 Å². The fourth-order valence-electron chi connectivity index (χ4n) is 12.5. The number of unbranched alkanes of at least 4 members (excludes halogenated alkanes) is 61. The lowest BCUT2D eigenvalue weighted by molar-refractivity contribution is -0.143. The number of rotatable bonds is 74. The van der Waals surface area contributed by atoms with E-state index in [-0.39, 0.29) is 18.5 Å². The minimum atomic E-state index is -0.843. The molecule has 0 rings (SSSR count). The molecule has 85 heavy (non-hydrogen) atoms. The zero-order valence-corrected chi connectivity index (χ0v) is 57.9. The third kappa shape index (κ3) is 71.3. The molecule has 3 N–H and O–H groups in total. The van der Waals surface area contributed by atoms with E-state index in [0.717, 1.165) is 38.5 Å². The van der Waals surface area contributed by atoms with Gasteiger partial charge in [0, 0.05) is 12.8 Å². The Hall–Kier alpha value is -1.66. The molecule has 0 bridgehead atoms. The van der Waals surface area contributed by atoms with E-state index in [0.29, 0.717) is 19.4 Å². The van der Waals surface area contributed by atoms with E-state index >= 15 is 0 Å². The molecule has 0 aliphatic rings. The first-order chi connectivity index (χ1) is 42.0. The molecule has 504 valence electrons. The summed E-state index contributed by atoms with van der Waals surface area (Å²) < 4.78 is 5.52. The van der Waals surface area contributed by atoms with Crippen LogP contribution in [-0.4, -0.2) is 47.4 Å². The summed E-state index contributed by atoms with van der Waals surface area (Å²) in [7, 11) is 0. The Bertz CT molecular complexity index is 1330. The zero-order chi connectivity index (χ0) is 61.3. The monoisotopic (exact) mass is 1200 g/mol. The quantitative estimate of drug-likeness (QED) is 0.0320. The number of aliphatic hydroxyl groups excluding tert-OH is 2. The highest BCUT2D eigenvalue weighted by molar-refractivity contribution is 5.76. The second kappa shape index (κ2) is 74.8. The van der Waals surface area contributed by atoms with Crippen molar-refractivity contribution in [3.63, 3.8) is 0 Å². The summed E-state index contributed by atoms with van der Waals surface area (Å²) in [5.41, 5.74) is 0. The van der Waals surface area contributed by atoms with Gasteiger partial charge in [0.25, 0.3) is 0 Å². The molecule has 6 nitrogen and oxygen atoms in total. The zero-order valence-electron chi connectivity index (χ0n) is 57.9. The second-order valence-corrected chi connectivity index (χ2v) is 27.0. The normalized spacial score (nSPS) is 12.6. The summed E-state index contributed by atoms with van der Waals surface area (Å²) in [4.78, 5) is 24.7. The number of ether oxygens (including phenoxy) is 1. The molecule has 0 aliphatic carbocycles. The molecule has 0 saturated carbocycles. The summed E-state index contributed by atoms with van der Waals surface area (Å²) in [6.07, 6.45) is 95.8. The van der Waals surface area contributed by atoms with Crippen LogP contribution >= 0.6 is 0 Å². The molecule has 1 amide bonds. The molecule has 0 fully saturated rings. The SMILES string of the molecule is CCCCCCCCCCCCCCCCCC/C=C/C(O)C(CO)NC(=O)CCCCCCCCCCCCCCCCC/C=C\CCCCCCCCCCCCCCOC(=O)CCCCCCCCCCCCCCCCCCCCC. The molecule has 0 radical (unpaired) electrons. The van der Waals surface area contributed by atoms with Crippen molar-refractivity contribution in [3.8, 4) is 0 Å². The Kier molecular flexibility index (Phi) is 73.3. The summed E-state index contributed by atoms with van der Waals surface area (Å²) in [6, 6.07) is -0.627. The van der Waals surface area contributed by atoms with Crippen molar-refractivity contribution in [2.45, 2.75) is 456 Å². The lowest BCUT2D eigenvalue weighted by Crippen LogP contribution is -2.45. The number of nitrogens with one attached hydrogen (secondary N) is 1. The third-order valence-electron chi connectivity index (χ3n) is 18.5. The van der Waals surface area contributed by atoms with Crippen molar-refractivity contribution < 1.29 is 24.5 Å². The molecular weight excluding hydrogens is 1040 g/mol. The number of amides is 1. The average Bonchev–Trinajstić information content (AvgIpc) is 3.51. The molecule has 0 heterocycles. The van der Waals surface area contributed by atoms with E-state index in [4.69, 9.17) is 4.74 Å². The van der Waals surface area contributed by atoms with Crippen LogP contribution in [0, 0.1) is 0 Å². The van der Waals surface area contributed by atoms with Crippen LogP contribution in [0.2, 0.25) is 0 Å². The Balaban J connectivity index is 3.35. The average molecular weight is 1200 g/mol. The van der Waals surface area contributed by atoms with Crippen molar-refractivity contribution >= 4 is 11.9 Å². The molecule has 0 aliphatic heterocycles. The number of hydrogen-bond acceptors (Lipinski definition) is 5. The fourth-order valence-corrected chi connectivity index (χ4v) is 12.5. The smallest absolute Gasteiger partial charge is 0.305 e. The summed E-state index contributed by atoms with van der Waals surface area (Å²) >= 11 is 0. The summed E-state index contributed by atoms with van der Waals surface area (Å²) in [6.45, 7) is 4.96. The Morgan fingerprint density at radius 1 is 0.318 bits per heavy atom. The molecule has 0 spiro atoms. The van der Waals surface area contributed by atoms with Gasteiger partial charge < -0.3 is 20.3 Å². The number of allylic oxidation sites excluding steroid dienone is 3. The standard InChI is InChI=1S/C79H153NO5/c1-3-5-7-9-11-13-15-17-19-21-36-41-45-49-53-57-61-65-69-73-79(84)85-74-70-66-62-58-54-50-46-42-38-35-33-31-29-27-25-23-24-26-28-30-32-34-37-40-44-48-52-56-60-64-68-72-78(83)80-76(75-81)77(82)71-67-63-59-55-51-47-43-39-22-20-18-16-14-12-10-8-6-4-2/h25,27,67,71,76-77,81-82H,3-24,26,28-66,68-70,72-75H2,1-2H3,(H,80,83)/b27-25-,71-67+. The van der Waals surface area contributed by atoms with E-state index in [9.17, 15) is 19.8 Å². The second-order valence-electron chi connectivity index (χ2n) is 27.0. The van der Waals surface area contributed by atoms with Gasteiger partial charge in [-0.05, 0) is 57.8 Å². The lowest BCUT2D eigenvalue weighted by Gasteiger charge is -2.20. The van der Waals surface area contributed by atoms with Crippen LogP contribution in [0.15, 0.2) is 24.3 Å². The van der Waals surface area contributed by atoms with Crippen LogP contribution in [0.3, 0.4) is 0 Å². The van der Waals surface area contributed by atoms with Crippen molar-refractivity contribution in [1.29, 1.82) is 0 Å². The van der Waals surface area contributed by atoms with Crippen LogP contribution in [0.1, 0.15) is 444 Å². The predicted molar refractivity (Wildman–Crippen MR) is 375 cm³/mol. The highest BCUT2D eigenvalue weighted by atomic mass is 16.5. The van der Waals surface area contributed by atoms with Gasteiger partial charge in [-0.2, -0.15) is 0 Å². The third-order valence-corrected chi connectivity index (χ3v) is 18.5. The number of carbonyl (C=O) groups is 2. The van der Waals surface area contributed by atoms with Crippen molar-refractivity contribution in [1.82, 2.24) is 5.32 Å². The molecular formula is C79H153NO5. The van der Waals surface area contributed by atoms with Gasteiger partial charge in [-0.3, -0.25) is 9.59 Å². The van der Waals surface area contributed by atoms with Gasteiger partial charge in [-0.15, -0.1) is 0 Å². The van der Waals surface area contributed by atoms with Crippen LogP contribution in [-0.2, 0) is 14.3 Å². The Labute approximate surface area is 532 Å². The highest BCUT2D eigenvalue weighted by Crippen LogP contribution is 2.20. The molecule has 6 heteroatoms. The molecule has 0 aromatic heterocycles. The number of esters is 1. The van der Waals surface area contributed by atoms with Crippen LogP contribution in [0.4, 0.5) is 0 Å². The summed E-state index contributed by atoms with van der Waals surface area (Å²) in [5.74, 6) is -0.0387. The van der Waals surface area contributed by atoms with Crippen LogP contribution in [0.5, 0.6) is 0 Å². The van der Waals surface area contributed by atoms with Crippen LogP contribution < -0.4 is 5.32 Å². The van der Waals surface area contributed by atoms with E-state index in [2.05, 4.69) is 31.3 Å². The Morgan fingerprint density at radius 3 is 0.835 bits per heavy atom. The minimum Gasteiger partial charge on any atom is -0.466 e. The molecule has 0 saturated heterocycles. The van der Waals surface area contributed by atoms with Crippen LogP contribution in [0.25, 0.3) is 0 Å². The lowest BCUT2D eigenvalue weighted by atomic mass is 10.0. The first-order valence-electron chi connectivity index (χ1n) is 39.1. The first-order valence-corrected chi connectivity index (χ1v) is 39.1. The Morgan fingerprint density at radius 2 is 0.553 bits per heavy atom. The van der Waals surface area contributed by atoms with E-state index in [1.807, 2.05) is 6.08 Å².